The summed E-state index contributed by atoms with van der Waals surface area (Å²) in [6.45, 7) is 0.833. The third-order valence-electron chi connectivity index (χ3n) is 4.08. The largest absolute Gasteiger partial charge is 0.328 e. The number of hydrogen-bond donors (Lipinski definition) is 2. The molecule has 0 spiro atoms. The predicted octanol–water partition coefficient (Wildman–Crippen LogP) is 2.77. The second-order valence-electron chi connectivity index (χ2n) is 5.75. The normalized spacial score (nSPS) is 16.3. The first-order valence-corrected chi connectivity index (χ1v) is 8.33. The quantitative estimate of drug-likeness (QED) is 0.754. The number of benzene rings is 1. The maximum atomic E-state index is 12.3. The van der Waals surface area contributed by atoms with E-state index in [1.165, 1.54) is 6.33 Å². The zero-order chi connectivity index (χ0) is 17.2. The summed E-state index contributed by atoms with van der Waals surface area (Å²) >= 11 is 6.29. The van der Waals surface area contributed by atoms with Crippen molar-refractivity contribution < 1.29 is 4.79 Å². The number of carbonyl (C=O) groups excluding carboxylic acids is 1. The average Bonchev–Trinajstić information content (AvgIpc) is 3.27. The van der Waals surface area contributed by atoms with Gasteiger partial charge in [0.2, 0.25) is 0 Å². The zero-order valence-corrected chi connectivity index (χ0v) is 14.0. The van der Waals surface area contributed by atoms with Gasteiger partial charge in [0.15, 0.2) is 0 Å². The van der Waals surface area contributed by atoms with Gasteiger partial charge in [-0.2, -0.15) is 10.2 Å². The van der Waals surface area contributed by atoms with Crippen LogP contribution in [-0.4, -0.2) is 30.6 Å². The molecule has 2 aromatic heterocycles. The highest BCUT2D eigenvalue weighted by Crippen LogP contribution is 2.25. The minimum absolute atomic E-state index is 0.143. The smallest absolute Gasteiger partial charge is 0.319 e. The number of anilines is 1. The van der Waals surface area contributed by atoms with Gasteiger partial charge in [0.25, 0.3) is 0 Å². The molecule has 1 aromatic carbocycles. The van der Waals surface area contributed by atoms with E-state index in [4.69, 9.17) is 11.6 Å². The Morgan fingerprint density at radius 1 is 1.32 bits per heavy atom. The summed E-state index contributed by atoms with van der Waals surface area (Å²) in [5.74, 6) is 0.786. The Labute approximate surface area is 148 Å². The van der Waals surface area contributed by atoms with E-state index >= 15 is 0 Å². The summed E-state index contributed by atoms with van der Waals surface area (Å²) in [6, 6.07) is 6.66. The topological polar surface area (TPSA) is 89.7 Å². The molecule has 8 nitrogen and oxygen atoms in total. The van der Waals surface area contributed by atoms with Crippen molar-refractivity contribution in [2.24, 2.45) is 0 Å². The summed E-state index contributed by atoms with van der Waals surface area (Å²) in [7, 11) is 0. The van der Waals surface area contributed by atoms with Crippen molar-refractivity contribution in [1.82, 2.24) is 29.9 Å². The lowest BCUT2D eigenvalue weighted by Crippen LogP contribution is -2.36. The van der Waals surface area contributed by atoms with Crippen molar-refractivity contribution in [3.8, 4) is 5.69 Å². The summed E-state index contributed by atoms with van der Waals surface area (Å²) in [5.41, 5.74) is 1.36. The first-order chi connectivity index (χ1) is 12.2. The lowest BCUT2D eigenvalue weighted by molar-refractivity contribution is 0.244. The number of amides is 2. The second-order valence-corrected chi connectivity index (χ2v) is 6.16. The van der Waals surface area contributed by atoms with E-state index in [0.717, 1.165) is 30.9 Å². The molecule has 1 atom stereocenters. The number of nitrogens with zero attached hydrogens (tertiary/aromatic N) is 5. The molecule has 0 saturated carbocycles. The van der Waals surface area contributed by atoms with Crippen molar-refractivity contribution in [3.05, 3.63) is 53.8 Å². The van der Waals surface area contributed by atoms with Gasteiger partial charge in [0, 0.05) is 24.6 Å². The first-order valence-electron chi connectivity index (χ1n) is 7.95. The van der Waals surface area contributed by atoms with Crippen LogP contribution in [-0.2, 0) is 6.54 Å². The number of hydrogen-bond acceptors (Lipinski definition) is 4. The Morgan fingerprint density at radius 3 is 3.04 bits per heavy atom. The van der Waals surface area contributed by atoms with Gasteiger partial charge in [-0.15, -0.1) is 0 Å². The summed E-state index contributed by atoms with van der Waals surface area (Å²) in [6.07, 6.45) is 6.79. The van der Waals surface area contributed by atoms with Crippen LogP contribution in [0.5, 0.6) is 0 Å². The van der Waals surface area contributed by atoms with Crippen LogP contribution in [0.1, 0.15) is 24.7 Å². The zero-order valence-electron chi connectivity index (χ0n) is 13.3. The van der Waals surface area contributed by atoms with Gasteiger partial charge in [-0.05, 0) is 37.1 Å². The van der Waals surface area contributed by atoms with Crippen LogP contribution >= 0.6 is 11.6 Å². The lowest BCUT2D eigenvalue weighted by atomic mass is 10.1. The summed E-state index contributed by atoms with van der Waals surface area (Å²) < 4.78 is 3.49. The van der Waals surface area contributed by atoms with Gasteiger partial charge in [-0.3, -0.25) is 0 Å². The number of halogens is 1. The number of nitrogens with one attached hydrogen (secondary N) is 2. The minimum atomic E-state index is -0.302. The number of aromatic nitrogens is 5. The Kier molecular flexibility index (Phi) is 4.10. The van der Waals surface area contributed by atoms with Crippen molar-refractivity contribution in [2.45, 2.75) is 25.4 Å². The SMILES string of the molecule is O=C(Nc1ccc(-n2cccn2)c(Cl)c1)NC1CCCn2ncnc21. The Morgan fingerprint density at radius 2 is 2.24 bits per heavy atom. The maximum Gasteiger partial charge on any atom is 0.319 e. The van der Waals surface area contributed by atoms with Crippen LogP contribution in [0, 0.1) is 0 Å². The summed E-state index contributed by atoms with van der Waals surface area (Å²) in [5, 5.41) is 14.5. The van der Waals surface area contributed by atoms with Gasteiger partial charge in [0.05, 0.1) is 16.8 Å². The van der Waals surface area contributed by atoms with Crippen molar-refractivity contribution in [2.75, 3.05) is 5.32 Å². The van der Waals surface area contributed by atoms with Crippen LogP contribution < -0.4 is 10.6 Å². The van der Waals surface area contributed by atoms with Crippen molar-refractivity contribution in [3.63, 3.8) is 0 Å². The molecule has 1 unspecified atom stereocenters. The minimum Gasteiger partial charge on any atom is -0.328 e. The Balaban J connectivity index is 1.44. The highest BCUT2D eigenvalue weighted by atomic mass is 35.5. The predicted molar refractivity (Wildman–Crippen MR) is 92.7 cm³/mol. The van der Waals surface area contributed by atoms with E-state index in [1.807, 2.05) is 16.8 Å². The monoisotopic (exact) mass is 357 g/mol. The molecule has 3 aromatic rings. The van der Waals surface area contributed by atoms with E-state index in [0.29, 0.717) is 10.7 Å². The molecule has 2 amide bonds. The van der Waals surface area contributed by atoms with Crippen LogP contribution in [0.15, 0.2) is 43.0 Å². The highest BCUT2D eigenvalue weighted by Gasteiger charge is 2.23. The van der Waals surface area contributed by atoms with Gasteiger partial charge in [-0.25, -0.2) is 19.1 Å². The molecule has 2 N–H and O–H groups in total. The van der Waals surface area contributed by atoms with E-state index in [-0.39, 0.29) is 12.1 Å². The van der Waals surface area contributed by atoms with E-state index < -0.39 is 0 Å². The van der Waals surface area contributed by atoms with Gasteiger partial charge in [-0.1, -0.05) is 11.6 Å². The molecule has 25 heavy (non-hydrogen) atoms. The van der Waals surface area contributed by atoms with E-state index in [2.05, 4.69) is 25.8 Å². The molecule has 1 aliphatic heterocycles. The van der Waals surface area contributed by atoms with Crippen LogP contribution in [0.3, 0.4) is 0 Å². The molecule has 4 rings (SSSR count). The molecule has 0 saturated heterocycles. The first kappa shape index (κ1) is 15.6. The van der Waals surface area contributed by atoms with E-state index in [1.54, 1.807) is 29.2 Å². The Bertz CT molecular complexity index is 890. The van der Waals surface area contributed by atoms with Gasteiger partial charge in [0.1, 0.15) is 12.2 Å². The molecule has 128 valence electrons. The van der Waals surface area contributed by atoms with Crippen LogP contribution in [0.25, 0.3) is 5.69 Å². The molecular formula is C16H16ClN7O. The molecular weight excluding hydrogens is 342 g/mol. The molecule has 3 heterocycles. The summed E-state index contributed by atoms with van der Waals surface area (Å²) in [4.78, 5) is 16.5. The molecule has 9 heteroatoms. The van der Waals surface area contributed by atoms with E-state index in [9.17, 15) is 4.79 Å². The fraction of sp³-hybridized carbons (Fsp3) is 0.250. The molecule has 0 bridgehead atoms. The van der Waals surface area contributed by atoms with Crippen molar-refractivity contribution in [1.29, 1.82) is 0 Å². The number of carbonyl (C=O) groups is 1. The van der Waals surface area contributed by atoms with Gasteiger partial charge >= 0.3 is 6.03 Å². The fourth-order valence-corrected chi connectivity index (χ4v) is 3.20. The highest BCUT2D eigenvalue weighted by molar-refractivity contribution is 6.32. The standard InChI is InChI=1S/C16H16ClN7O/c17-12-9-11(4-5-14(12)23-8-2-6-19-23)21-16(25)22-13-3-1-7-24-15(13)18-10-20-24/h2,4-6,8-10,13H,1,3,7H2,(H2,21,22,25). The molecule has 1 aliphatic rings. The molecule has 0 fully saturated rings. The fourth-order valence-electron chi connectivity index (χ4n) is 2.93. The van der Waals surface area contributed by atoms with Crippen LogP contribution in [0.4, 0.5) is 10.5 Å². The number of rotatable bonds is 3. The average molecular weight is 358 g/mol. The Hall–Kier alpha value is -2.87. The lowest BCUT2D eigenvalue weighted by Gasteiger charge is -2.23. The number of urea groups is 1. The number of aryl methyl sites for hydroxylation is 1. The number of fused-ring (bicyclic) bond motifs is 1. The molecule has 0 aliphatic carbocycles. The van der Waals surface area contributed by atoms with Gasteiger partial charge < -0.3 is 10.6 Å². The second kappa shape index (κ2) is 6.56. The third-order valence-corrected chi connectivity index (χ3v) is 4.38. The van der Waals surface area contributed by atoms with Crippen LogP contribution in [0.2, 0.25) is 5.02 Å². The van der Waals surface area contributed by atoms with Crippen molar-refractivity contribution >= 4 is 23.3 Å². The molecule has 0 radical (unpaired) electrons. The third kappa shape index (κ3) is 3.20. The maximum absolute atomic E-state index is 12.3.